The summed E-state index contributed by atoms with van der Waals surface area (Å²) in [6, 6.07) is 21.7. The summed E-state index contributed by atoms with van der Waals surface area (Å²) in [5.74, 6) is -2.44. The molecule has 0 radical (unpaired) electrons. The Morgan fingerprint density at radius 1 is 0.774 bits per heavy atom. The van der Waals surface area contributed by atoms with Crippen LogP contribution >= 0.6 is 0 Å². The average molecular weight is 410 g/mol. The zero-order valence-electron chi connectivity index (χ0n) is 16.1. The van der Waals surface area contributed by atoms with Gasteiger partial charge in [0.15, 0.2) is 0 Å². The molecule has 0 spiro atoms. The number of hydrogen-bond acceptors (Lipinski definition) is 3. The van der Waals surface area contributed by atoms with Gasteiger partial charge in [-0.2, -0.15) is 0 Å². The molecule has 5 rings (SSSR count). The van der Waals surface area contributed by atoms with Gasteiger partial charge in [0, 0.05) is 0 Å². The summed E-state index contributed by atoms with van der Waals surface area (Å²) in [6.07, 6.45) is 1.47. The first-order valence-electron chi connectivity index (χ1n) is 9.61. The molecule has 1 saturated heterocycles. The molecule has 1 fully saturated rings. The Labute approximate surface area is 176 Å². The Bertz CT molecular complexity index is 1390. The summed E-state index contributed by atoms with van der Waals surface area (Å²) in [4.78, 5) is 38.8. The van der Waals surface area contributed by atoms with E-state index in [4.69, 9.17) is 0 Å². The topological polar surface area (TPSA) is 66.5 Å². The van der Waals surface area contributed by atoms with Gasteiger partial charge in [-0.05, 0) is 51.4 Å². The number of anilines is 1. The number of carbonyl (C=O) groups excluding carboxylic acids is 3. The number of benzene rings is 4. The fraction of sp³-hybridized carbons (Fsp3) is 0. The van der Waals surface area contributed by atoms with E-state index in [1.807, 2.05) is 54.6 Å². The monoisotopic (exact) mass is 410 g/mol. The van der Waals surface area contributed by atoms with Crippen LogP contribution in [0.3, 0.4) is 0 Å². The first kappa shape index (κ1) is 18.7. The largest absolute Gasteiger partial charge is 0.336 e. The highest BCUT2D eigenvalue weighted by Crippen LogP contribution is 2.32. The summed E-state index contributed by atoms with van der Waals surface area (Å²) < 4.78 is 14.3. The number of urea groups is 1. The Morgan fingerprint density at radius 3 is 2.00 bits per heavy atom. The lowest BCUT2D eigenvalue weighted by Crippen LogP contribution is -2.54. The van der Waals surface area contributed by atoms with Crippen molar-refractivity contribution in [2.24, 2.45) is 0 Å². The Balaban J connectivity index is 1.74. The number of nitrogens with one attached hydrogen (secondary N) is 1. The number of nitrogens with zero attached hydrogens (tertiary/aromatic N) is 1. The number of halogens is 1. The molecule has 0 saturated carbocycles. The van der Waals surface area contributed by atoms with Crippen LogP contribution in [0.15, 0.2) is 84.4 Å². The van der Waals surface area contributed by atoms with Crippen LogP contribution in [-0.2, 0) is 9.59 Å². The van der Waals surface area contributed by atoms with Gasteiger partial charge in [-0.15, -0.1) is 0 Å². The zero-order chi connectivity index (χ0) is 21.5. The second-order valence-corrected chi connectivity index (χ2v) is 7.14. The van der Waals surface area contributed by atoms with E-state index in [1.165, 1.54) is 24.3 Å². The SMILES string of the molecule is O=C1NC(=O)N(c2ccccc2F)C(=O)/C1=C\c1c2ccccc2cc2ccccc12. The molecule has 4 aromatic carbocycles. The van der Waals surface area contributed by atoms with E-state index in [-0.39, 0.29) is 11.3 Å². The van der Waals surface area contributed by atoms with Crippen molar-refractivity contribution in [2.75, 3.05) is 4.90 Å². The number of carbonyl (C=O) groups is 3. The number of para-hydroxylation sites is 1. The highest BCUT2D eigenvalue weighted by molar-refractivity contribution is 6.39. The van der Waals surface area contributed by atoms with Gasteiger partial charge >= 0.3 is 6.03 Å². The van der Waals surface area contributed by atoms with Gasteiger partial charge < -0.3 is 0 Å². The van der Waals surface area contributed by atoms with Gasteiger partial charge in [-0.25, -0.2) is 14.1 Å². The quantitative estimate of drug-likeness (QED) is 0.293. The molecule has 1 aliphatic rings. The van der Waals surface area contributed by atoms with Gasteiger partial charge in [0.1, 0.15) is 11.4 Å². The number of imide groups is 2. The smallest absolute Gasteiger partial charge is 0.273 e. The fourth-order valence-corrected chi connectivity index (χ4v) is 3.86. The third-order valence-electron chi connectivity index (χ3n) is 5.30. The van der Waals surface area contributed by atoms with Gasteiger partial charge in [0.2, 0.25) is 0 Å². The van der Waals surface area contributed by atoms with Crippen LogP contribution in [0.4, 0.5) is 14.9 Å². The summed E-state index contributed by atoms with van der Waals surface area (Å²) in [5, 5.41) is 5.73. The molecule has 1 aliphatic heterocycles. The van der Waals surface area contributed by atoms with Crippen LogP contribution < -0.4 is 10.2 Å². The van der Waals surface area contributed by atoms with E-state index < -0.39 is 23.7 Å². The maximum Gasteiger partial charge on any atom is 0.336 e. The third-order valence-corrected chi connectivity index (χ3v) is 5.30. The van der Waals surface area contributed by atoms with Crippen molar-refractivity contribution >= 4 is 51.2 Å². The summed E-state index contributed by atoms with van der Waals surface area (Å²) in [5.41, 5.74) is 0.213. The van der Waals surface area contributed by atoms with Crippen molar-refractivity contribution in [1.29, 1.82) is 0 Å². The predicted molar refractivity (Wildman–Crippen MR) is 117 cm³/mol. The Kier molecular flexibility index (Phi) is 4.33. The van der Waals surface area contributed by atoms with Gasteiger partial charge in [0.25, 0.3) is 11.8 Å². The minimum Gasteiger partial charge on any atom is -0.273 e. The molecule has 1 N–H and O–H groups in total. The van der Waals surface area contributed by atoms with Crippen LogP contribution in [-0.4, -0.2) is 17.8 Å². The number of hydrogen-bond donors (Lipinski definition) is 1. The van der Waals surface area contributed by atoms with Crippen molar-refractivity contribution in [3.8, 4) is 0 Å². The molecule has 0 aromatic heterocycles. The number of barbiturate groups is 1. The van der Waals surface area contributed by atoms with Crippen LogP contribution in [0, 0.1) is 5.82 Å². The lowest BCUT2D eigenvalue weighted by molar-refractivity contribution is -0.122. The van der Waals surface area contributed by atoms with E-state index in [1.54, 1.807) is 0 Å². The third kappa shape index (κ3) is 3.05. The lowest BCUT2D eigenvalue weighted by Gasteiger charge is -2.26. The molecule has 1 heterocycles. The molecule has 0 unspecified atom stereocenters. The molecule has 6 heteroatoms. The molecule has 4 aromatic rings. The molecule has 0 aliphatic carbocycles. The molecular weight excluding hydrogens is 395 g/mol. The maximum atomic E-state index is 14.3. The molecule has 0 atom stereocenters. The van der Waals surface area contributed by atoms with Crippen molar-refractivity contribution in [2.45, 2.75) is 0 Å². The average Bonchev–Trinajstić information content (AvgIpc) is 2.77. The van der Waals surface area contributed by atoms with Crippen molar-refractivity contribution in [3.05, 3.63) is 95.8 Å². The van der Waals surface area contributed by atoms with Crippen LogP contribution in [0.1, 0.15) is 5.56 Å². The van der Waals surface area contributed by atoms with Gasteiger partial charge in [0.05, 0.1) is 5.69 Å². The van der Waals surface area contributed by atoms with Gasteiger partial charge in [-0.1, -0.05) is 60.7 Å². The highest BCUT2D eigenvalue weighted by atomic mass is 19.1. The molecule has 0 bridgehead atoms. The normalized spacial score (nSPS) is 15.7. The minimum atomic E-state index is -0.986. The Morgan fingerprint density at radius 2 is 1.35 bits per heavy atom. The van der Waals surface area contributed by atoms with E-state index in [0.717, 1.165) is 27.6 Å². The predicted octanol–water partition coefficient (Wildman–Crippen LogP) is 4.80. The standard InChI is InChI=1S/C25H15FN2O3/c26-21-11-5-6-12-22(21)28-24(30)20(23(29)27-25(28)31)14-19-17-9-3-1-7-15(17)13-16-8-2-4-10-18(16)19/h1-14H,(H,27,29,31)/b20-14-. The Hall–Kier alpha value is -4.32. The minimum absolute atomic E-state index is 0.217. The molecule has 150 valence electrons. The molecule has 31 heavy (non-hydrogen) atoms. The first-order chi connectivity index (χ1) is 15.0. The van der Waals surface area contributed by atoms with Crippen LogP contribution in [0.25, 0.3) is 27.6 Å². The second kappa shape index (κ2) is 7.18. The number of amides is 4. The summed E-state index contributed by atoms with van der Waals surface area (Å²) in [7, 11) is 0. The highest BCUT2D eigenvalue weighted by Gasteiger charge is 2.38. The van der Waals surface area contributed by atoms with E-state index in [2.05, 4.69) is 5.32 Å². The van der Waals surface area contributed by atoms with Crippen molar-refractivity contribution in [3.63, 3.8) is 0 Å². The number of rotatable bonds is 2. The van der Waals surface area contributed by atoms with E-state index >= 15 is 0 Å². The fourth-order valence-electron chi connectivity index (χ4n) is 3.86. The van der Waals surface area contributed by atoms with Crippen molar-refractivity contribution < 1.29 is 18.8 Å². The second-order valence-electron chi connectivity index (χ2n) is 7.14. The van der Waals surface area contributed by atoms with Crippen molar-refractivity contribution in [1.82, 2.24) is 5.32 Å². The van der Waals surface area contributed by atoms with Crippen LogP contribution in [0.5, 0.6) is 0 Å². The van der Waals surface area contributed by atoms with E-state index in [0.29, 0.717) is 10.5 Å². The molecular formula is C25H15FN2O3. The summed E-state index contributed by atoms with van der Waals surface area (Å²) >= 11 is 0. The number of fused-ring (bicyclic) bond motifs is 2. The van der Waals surface area contributed by atoms with E-state index in [9.17, 15) is 18.8 Å². The molecule has 4 amide bonds. The zero-order valence-corrected chi connectivity index (χ0v) is 16.1. The van der Waals surface area contributed by atoms with Crippen LogP contribution in [0.2, 0.25) is 0 Å². The first-order valence-corrected chi connectivity index (χ1v) is 9.61. The molecule has 5 nitrogen and oxygen atoms in total. The lowest BCUT2D eigenvalue weighted by atomic mass is 9.94. The summed E-state index contributed by atoms with van der Waals surface area (Å²) in [6.45, 7) is 0. The maximum absolute atomic E-state index is 14.3. The van der Waals surface area contributed by atoms with Gasteiger partial charge in [-0.3, -0.25) is 14.9 Å².